The zero-order valence-corrected chi connectivity index (χ0v) is 6.41. The monoisotopic (exact) mass is 195 g/mol. The van der Waals surface area contributed by atoms with E-state index < -0.39 is 22.5 Å². The Morgan fingerprint density at radius 3 is 2.17 bits per heavy atom. The third kappa shape index (κ3) is 1.64. The minimum Gasteiger partial charge on any atom is -0.289 e. The smallest absolute Gasteiger partial charge is 0.289 e. The lowest BCUT2D eigenvalue weighted by Crippen LogP contribution is -2.05. The second kappa shape index (κ2) is 2.86. The Morgan fingerprint density at radius 1 is 1.25 bits per heavy atom. The molecular weight excluding hydrogens is 193 g/mol. The molecule has 5 heteroatoms. The summed E-state index contributed by atoms with van der Waals surface area (Å²) in [6.07, 6.45) is -4.67. The van der Waals surface area contributed by atoms with Crippen molar-refractivity contribution in [2.45, 2.75) is 6.18 Å². The molecule has 0 unspecified atom stereocenters. The summed E-state index contributed by atoms with van der Waals surface area (Å²) in [6, 6.07) is 3.04. The third-order valence-electron chi connectivity index (χ3n) is 1.26. The molecule has 0 amide bonds. The highest BCUT2D eigenvalue weighted by molar-refractivity contribution is 6.31. The van der Waals surface area contributed by atoms with E-state index in [-0.39, 0.29) is 0 Å². The zero-order chi connectivity index (χ0) is 9.35. The molecule has 0 spiro atoms. The predicted octanol–water partition coefficient (Wildman–Crippen LogP) is 3.50. The van der Waals surface area contributed by atoms with Crippen LogP contribution in [0, 0.1) is 0 Å². The molecule has 1 radical (unpaired) electrons. The molecule has 0 saturated carbocycles. The Morgan fingerprint density at radius 2 is 1.83 bits per heavy atom. The molecule has 0 aliphatic rings. The van der Waals surface area contributed by atoms with Gasteiger partial charge in [0.25, 0.3) is 0 Å². The van der Waals surface area contributed by atoms with Crippen molar-refractivity contribution in [3.63, 3.8) is 0 Å². The van der Waals surface area contributed by atoms with Crippen molar-refractivity contribution in [2.24, 2.45) is 0 Å². The average Bonchev–Trinajstić information content (AvgIpc) is 1.82. The molecule has 0 atom stereocenters. The molecule has 0 fully saturated rings. The first-order valence-electron chi connectivity index (χ1n) is 2.95. The van der Waals surface area contributed by atoms with Gasteiger partial charge >= 0.3 is 6.18 Å². The molecule has 0 saturated heterocycles. The van der Waals surface area contributed by atoms with Gasteiger partial charge in [0.2, 0.25) is 0 Å². The lowest BCUT2D eigenvalue weighted by molar-refractivity contribution is -0.139. The van der Waals surface area contributed by atoms with Gasteiger partial charge in [-0.2, -0.15) is 13.2 Å². The first-order valence-corrected chi connectivity index (χ1v) is 3.33. The molecule has 12 heavy (non-hydrogen) atoms. The maximum absolute atomic E-state index is 12.0. The molecule has 1 aromatic rings. The second-order valence-corrected chi connectivity index (χ2v) is 2.52. The molecular formula is C7H3ClF3O. The minimum atomic E-state index is -4.67. The quantitative estimate of drug-likeness (QED) is 0.604. The van der Waals surface area contributed by atoms with Gasteiger partial charge in [0.05, 0.1) is 5.02 Å². The molecule has 1 rings (SSSR count). The van der Waals surface area contributed by atoms with Crippen molar-refractivity contribution >= 4 is 11.6 Å². The fraction of sp³-hybridized carbons (Fsp3) is 0.143. The maximum Gasteiger partial charge on any atom is 0.421 e. The van der Waals surface area contributed by atoms with Crippen LogP contribution in [0.1, 0.15) is 5.56 Å². The lowest BCUT2D eigenvalue weighted by atomic mass is 10.2. The third-order valence-corrected chi connectivity index (χ3v) is 1.57. The molecule has 0 aliphatic carbocycles. The molecule has 0 aliphatic heterocycles. The molecule has 0 N–H and O–H groups in total. The van der Waals surface area contributed by atoms with Gasteiger partial charge < -0.3 is 0 Å². The van der Waals surface area contributed by atoms with Crippen LogP contribution in [0.2, 0.25) is 5.02 Å². The Kier molecular flexibility index (Phi) is 2.19. The van der Waals surface area contributed by atoms with Crippen LogP contribution in [0.25, 0.3) is 0 Å². The van der Waals surface area contributed by atoms with E-state index >= 15 is 0 Å². The summed E-state index contributed by atoms with van der Waals surface area (Å²) < 4.78 is 36.1. The van der Waals surface area contributed by atoms with Crippen molar-refractivity contribution in [1.82, 2.24) is 0 Å². The maximum atomic E-state index is 12.0. The minimum absolute atomic E-state index is 0.560. The first kappa shape index (κ1) is 9.19. The second-order valence-electron chi connectivity index (χ2n) is 2.11. The van der Waals surface area contributed by atoms with Crippen LogP contribution < -0.4 is 0 Å². The number of alkyl halides is 3. The zero-order valence-electron chi connectivity index (χ0n) is 5.65. The summed E-state index contributed by atoms with van der Waals surface area (Å²) in [4.78, 5) is 0. The Hall–Kier alpha value is -0.900. The van der Waals surface area contributed by atoms with Gasteiger partial charge in [-0.3, -0.25) is 5.11 Å². The fourth-order valence-corrected chi connectivity index (χ4v) is 1.05. The lowest BCUT2D eigenvalue weighted by Gasteiger charge is -2.08. The van der Waals surface area contributed by atoms with Gasteiger partial charge in [0, 0.05) is 0 Å². The molecule has 65 valence electrons. The van der Waals surface area contributed by atoms with Crippen LogP contribution in [0.5, 0.6) is 5.75 Å². The molecule has 0 aromatic heterocycles. The van der Waals surface area contributed by atoms with Crippen LogP contribution in [0.3, 0.4) is 0 Å². The summed E-state index contributed by atoms with van der Waals surface area (Å²) in [5.41, 5.74) is -1.30. The summed E-state index contributed by atoms with van der Waals surface area (Å²) >= 11 is 5.19. The molecule has 0 heterocycles. The van der Waals surface area contributed by atoms with E-state index in [0.29, 0.717) is 0 Å². The van der Waals surface area contributed by atoms with Crippen LogP contribution in [0.4, 0.5) is 13.2 Å². The summed E-state index contributed by atoms with van der Waals surface area (Å²) in [6.45, 7) is 0. The van der Waals surface area contributed by atoms with E-state index in [1.807, 2.05) is 0 Å². The number of rotatable bonds is 0. The van der Waals surface area contributed by atoms with Crippen molar-refractivity contribution in [2.75, 3.05) is 0 Å². The number of halogens is 4. The van der Waals surface area contributed by atoms with Crippen LogP contribution in [0.15, 0.2) is 18.2 Å². The summed E-state index contributed by atoms with van der Waals surface area (Å²) in [5.74, 6) is -1.10. The number of hydrogen-bond donors (Lipinski definition) is 0. The summed E-state index contributed by atoms with van der Waals surface area (Å²) in [7, 11) is 0. The van der Waals surface area contributed by atoms with E-state index in [1.165, 1.54) is 6.07 Å². The standard InChI is InChI=1S/C7H3ClF3O/c8-4-2-1-3-5(12)6(4)7(9,10)11/h1-3H. The number of hydrogen-bond acceptors (Lipinski definition) is 0. The van der Waals surface area contributed by atoms with Gasteiger partial charge in [0.15, 0.2) is 5.75 Å². The van der Waals surface area contributed by atoms with Crippen LogP contribution >= 0.6 is 11.6 Å². The topological polar surface area (TPSA) is 19.9 Å². The Labute approximate surface area is 71.4 Å². The Balaban J connectivity index is 3.31. The van der Waals surface area contributed by atoms with Crippen molar-refractivity contribution in [1.29, 1.82) is 0 Å². The normalized spacial score (nSPS) is 11.7. The van der Waals surface area contributed by atoms with E-state index in [2.05, 4.69) is 0 Å². The molecule has 0 bridgehead atoms. The van der Waals surface area contributed by atoms with Gasteiger partial charge in [-0.25, -0.2) is 0 Å². The van der Waals surface area contributed by atoms with Crippen molar-refractivity contribution in [3.8, 4) is 5.75 Å². The average molecular weight is 196 g/mol. The highest BCUT2D eigenvalue weighted by Crippen LogP contribution is 2.40. The van der Waals surface area contributed by atoms with Crippen LogP contribution in [-0.2, 0) is 11.3 Å². The SMILES string of the molecule is [O]c1cccc(Cl)c1C(F)(F)F. The number of benzene rings is 1. The van der Waals surface area contributed by atoms with E-state index in [0.717, 1.165) is 12.1 Å². The fourth-order valence-electron chi connectivity index (χ4n) is 0.779. The van der Waals surface area contributed by atoms with E-state index in [9.17, 15) is 18.3 Å². The Bertz CT molecular complexity index is 275. The van der Waals surface area contributed by atoms with Gasteiger partial charge in [-0.15, -0.1) is 0 Å². The van der Waals surface area contributed by atoms with Crippen molar-refractivity contribution < 1.29 is 18.3 Å². The molecule has 1 aromatic carbocycles. The summed E-state index contributed by atoms with van der Waals surface area (Å²) in [5, 5.41) is 10.1. The van der Waals surface area contributed by atoms with Gasteiger partial charge in [-0.05, 0) is 12.1 Å². The van der Waals surface area contributed by atoms with Gasteiger partial charge in [0.1, 0.15) is 5.56 Å². The largest absolute Gasteiger partial charge is 0.421 e. The van der Waals surface area contributed by atoms with Gasteiger partial charge in [-0.1, -0.05) is 17.7 Å². The van der Waals surface area contributed by atoms with E-state index in [1.54, 1.807) is 0 Å². The molecule has 1 nitrogen and oxygen atoms in total. The van der Waals surface area contributed by atoms with Crippen molar-refractivity contribution in [3.05, 3.63) is 28.8 Å². The van der Waals surface area contributed by atoms with Crippen LogP contribution in [-0.4, -0.2) is 0 Å². The highest BCUT2D eigenvalue weighted by Gasteiger charge is 2.36. The highest BCUT2D eigenvalue weighted by atomic mass is 35.5. The first-order chi connectivity index (χ1) is 5.43. The predicted molar refractivity (Wildman–Crippen MR) is 36.6 cm³/mol. The van der Waals surface area contributed by atoms with E-state index in [4.69, 9.17) is 11.6 Å².